The zero-order valence-corrected chi connectivity index (χ0v) is 11.5. The molecule has 90 valence electrons. The third kappa shape index (κ3) is 5.03. The third-order valence-corrected chi connectivity index (χ3v) is 3.22. The van der Waals surface area contributed by atoms with Crippen molar-refractivity contribution in [3.8, 4) is 0 Å². The van der Waals surface area contributed by atoms with Crippen molar-refractivity contribution in [2.75, 3.05) is 0 Å². The molecule has 0 spiro atoms. The molecule has 0 aromatic carbocycles. The van der Waals surface area contributed by atoms with E-state index >= 15 is 0 Å². The average Bonchev–Trinajstić information content (AvgIpc) is 2.26. The van der Waals surface area contributed by atoms with Crippen molar-refractivity contribution in [2.24, 2.45) is 0 Å². The van der Waals surface area contributed by atoms with Crippen LogP contribution in [0.25, 0.3) is 0 Å². The third-order valence-electron chi connectivity index (χ3n) is 2.65. The van der Waals surface area contributed by atoms with E-state index < -0.39 is 0 Å². The number of unbranched alkanes of at least 4 members (excludes halogenated alkanes) is 5. The Labute approximate surface area is 108 Å². The minimum absolute atomic E-state index is 0.712. The lowest BCUT2D eigenvalue weighted by Crippen LogP contribution is -2.01. The summed E-state index contributed by atoms with van der Waals surface area (Å²) in [7, 11) is 0. The van der Waals surface area contributed by atoms with Gasteiger partial charge in [-0.1, -0.05) is 51.2 Å². The molecule has 0 radical (unpaired) electrons. The van der Waals surface area contributed by atoms with Gasteiger partial charge in [0, 0.05) is 12.7 Å². The van der Waals surface area contributed by atoms with Gasteiger partial charge in [-0.25, -0.2) is 0 Å². The Hall–Kier alpha value is -0.480. The molecule has 0 aliphatic carbocycles. The molecule has 0 amide bonds. The number of aromatic amines is 1. The summed E-state index contributed by atoms with van der Waals surface area (Å²) in [6, 6.07) is 1.89. The number of nitrogens with one attached hydrogen (secondary N) is 1. The molecule has 1 N–H and O–H groups in total. The molecule has 0 bridgehead atoms. The molecule has 0 atom stereocenters. The summed E-state index contributed by atoms with van der Waals surface area (Å²) in [5.41, 5.74) is 0. The molecule has 1 rings (SSSR count). The normalized spacial score (nSPS) is 10.6. The van der Waals surface area contributed by atoms with E-state index in [-0.39, 0.29) is 0 Å². The Morgan fingerprint density at radius 3 is 2.50 bits per heavy atom. The van der Waals surface area contributed by atoms with Gasteiger partial charge in [0.1, 0.15) is 4.64 Å². The molecule has 1 heterocycles. The van der Waals surface area contributed by atoms with Crippen LogP contribution in [0, 0.1) is 9.41 Å². The highest BCUT2D eigenvalue weighted by Crippen LogP contribution is 2.06. The van der Waals surface area contributed by atoms with Crippen LogP contribution in [0.1, 0.15) is 45.4 Å². The number of rotatable bonds is 7. The molecular formula is C12H20N2S2. The first-order valence-corrected chi connectivity index (χ1v) is 6.85. The fraction of sp³-hybridized carbons (Fsp3) is 0.667. The number of aromatic nitrogens is 2. The number of H-pyrrole nitrogens is 1. The summed E-state index contributed by atoms with van der Waals surface area (Å²) in [6.45, 7) is 3.24. The van der Waals surface area contributed by atoms with Gasteiger partial charge in [-0.15, -0.1) is 0 Å². The van der Waals surface area contributed by atoms with Gasteiger partial charge in [-0.2, -0.15) is 0 Å². The highest BCUT2D eigenvalue weighted by atomic mass is 32.1. The maximum atomic E-state index is 5.20. The van der Waals surface area contributed by atoms with E-state index in [1.54, 1.807) is 0 Å². The number of hydrogen-bond donors (Lipinski definition) is 1. The van der Waals surface area contributed by atoms with Crippen molar-refractivity contribution in [3.63, 3.8) is 0 Å². The quantitative estimate of drug-likeness (QED) is 0.567. The highest BCUT2D eigenvalue weighted by Gasteiger charge is 1.93. The van der Waals surface area contributed by atoms with Crippen LogP contribution in [0.2, 0.25) is 0 Å². The van der Waals surface area contributed by atoms with Gasteiger partial charge in [-0.3, -0.25) is 0 Å². The van der Waals surface area contributed by atoms with Gasteiger partial charge < -0.3 is 9.55 Å². The Balaban J connectivity index is 2.27. The maximum absolute atomic E-state index is 5.20. The molecule has 0 aliphatic heterocycles. The van der Waals surface area contributed by atoms with Crippen LogP contribution >= 0.6 is 24.4 Å². The maximum Gasteiger partial charge on any atom is 0.178 e. The first-order valence-electron chi connectivity index (χ1n) is 6.04. The standard InChI is InChI=1S/C12H20N2S2/c1-2-3-4-5-6-7-9-14-10-8-11(15)13-12(14)16/h8,10H,2-7,9H2,1H3,(H,13,15,16). The predicted molar refractivity (Wildman–Crippen MR) is 73.8 cm³/mol. The van der Waals surface area contributed by atoms with Crippen LogP contribution in [0.3, 0.4) is 0 Å². The molecule has 0 aliphatic rings. The summed E-state index contributed by atoms with van der Waals surface area (Å²) in [5, 5.41) is 0. The minimum Gasteiger partial charge on any atom is -0.325 e. The average molecular weight is 256 g/mol. The van der Waals surface area contributed by atoms with Crippen molar-refractivity contribution >= 4 is 24.4 Å². The number of aryl methyl sites for hydroxylation is 1. The second kappa shape index (κ2) is 7.74. The van der Waals surface area contributed by atoms with Crippen LogP contribution in [-0.2, 0) is 6.54 Å². The van der Waals surface area contributed by atoms with Crippen LogP contribution in [-0.4, -0.2) is 9.55 Å². The Morgan fingerprint density at radius 2 is 1.81 bits per heavy atom. The van der Waals surface area contributed by atoms with Crippen LogP contribution in [0.15, 0.2) is 12.3 Å². The second-order valence-electron chi connectivity index (χ2n) is 4.07. The molecule has 4 heteroatoms. The van der Waals surface area contributed by atoms with E-state index in [1.807, 2.05) is 12.3 Å². The fourth-order valence-corrected chi connectivity index (χ4v) is 2.17. The van der Waals surface area contributed by atoms with Crippen molar-refractivity contribution in [1.82, 2.24) is 9.55 Å². The van der Waals surface area contributed by atoms with E-state index in [2.05, 4.69) is 16.5 Å². The number of nitrogens with zero attached hydrogens (tertiary/aromatic N) is 1. The van der Waals surface area contributed by atoms with E-state index in [9.17, 15) is 0 Å². The van der Waals surface area contributed by atoms with Crippen LogP contribution < -0.4 is 0 Å². The van der Waals surface area contributed by atoms with Crippen molar-refractivity contribution in [3.05, 3.63) is 21.7 Å². The Kier molecular flexibility index (Phi) is 6.57. The van der Waals surface area contributed by atoms with E-state index in [4.69, 9.17) is 24.4 Å². The van der Waals surface area contributed by atoms with Gasteiger partial charge in [-0.05, 0) is 24.7 Å². The van der Waals surface area contributed by atoms with Crippen LogP contribution in [0.5, 0.6) is 0 Å². The van der Waals surface area contributed by atoms with E-state index in [1.165, 1.54) is 38.5 Å². The summed E-state index contributed by atoms with van der Waals surface area (Å²) >= 11 is 10.2. The lowest BCUT2D eigenvalue weighted by molar-refractivity contribution is 0.549. The smallest absolute Gasteiger partial charge is 0.178 e. The monoisotopic (exact) mass is 256 g/mol. The van der Waals surface area contributed by atoms with Crippen molar-refractivity contribution in [1.29, 1.82) is 0 Å². The second-order valence-corrected chi connectivity index (χ2v) is 4.90. The Morgan fingerprint density at radius 1 is 1.12 bits per heavy atom. The van der Waals surface area contributed by atoms with E-state index in [0.717, 1.165) is 11.3 Å². The van der Waals surface area contributed by atoms with Gasteiger partial charge in [0.05, 0.1) is 0 Å². The van der Waals surface area contributed by atoms with Gasteiger partial charge in [0.25, 0.3) is 0 Å². The minimum atomic E-state index is 0.712. The topological polar surface area (TPSA) is 20.7 Å². The highest BCUT2D eigenvalue weighted by molar-refractivity contribution is 7.72. The molecule has 16 heavy (non-hydrogen) atoms. The van der Waals surface area contributed by atoms with Crippen LogP contribution in [0.4, 0.5) is 0 Å². The van der Waals surface area contributed by atoms with Crippen molar-refractivity contribution < 1.29 is 0 Å². The van der Waals surface area contributed by atoms with Gasteiger partial charge in [0.2, 0.25) is 0 Å². The first kappa shape index (κ1) is 13.6. The summed E-state index contributed by atoms with van der Waals surface area (Å²) in [5.74, 6) is 0. The summed E-state index contributed by atoms with van der Waals surface area (Å²) in [4.78, 5) is 2.99. The van der Waals surface area contributed by atoms with Crippen molar-refractivity contribution in [2.45, 2.75) is 52.0 Å². The molecule has 0 saturated carbocycles. The summed E-state index contributed by atoms with van der Waals surface area (Å²) < 4.78 is 3.51. The zero-order valence-electron chi connectivity index (χ0n) is 9.87. The molecule has 1 aromatic heterocycles. The number of hydrogen-bond acceptors (Lipinski definition) is 2. The Bertz CT molecular complexity index is 406. The molecule has 0 saturated heterocycles. The SMILES string of the molecule is CCCCCCCCn1ccc(=S)[nH]c1=S. The molecular weight excluding hydrogens is 236 g/mol. The lowest BCUT2D eigenvalue weighted by atomic mass is 10.1. The molecule has 0 unspecified atom stereocenters. The lowest BCUT2D eigenvalue weighted by Gasteiger charge is -2.06. The zero-order chi connectivity index (χ0) is 11.8. The fourth-order valence-electron chi connectivity index (χ4n) is 1.68. The predicted octanol–water partition coefficient (Wildman–Crippen LogP) is 4.64. The van der Waals surface area contributed by atoms with Gasteiger partial charge in [0.15, 0.2) is 4.77 Å². The molecule has 2 nitrogen and oxygen atoms in total. The molecule has 1 aromatic rings. The first-order chi connectivity index (χ1) is 7.74. The molecule has 0 fully saturated rings. The van der Waals surface area contributed by atoms with Gasteiger partial charge >= 0.3 is 0 Å². The summed E-state index contributed by atoms with van der Waals surface area (Å²) in [6.07, 6.45) is 9.83. The largest absolute Gasteiger partial charge is 0.325 e. The van der Waals surface area contributed by atoms with E-state index in [0.29, 0.717) is 4.64 Å².